The van der Waals surface area contributed by atoms with E-state index in [9.17, 15) is 10.5 Å². The zero-order valence-corrected chi connectivity index (χ0v) is 21.0. The molecule has 5 aromatic rings. The monoisotopic (exact) mass is 487 g/mol. The first-order valence-corrected chi connectivity index (χ1v) is 12.4. The molecule has 5 aromatic carbocycles. The minimum absolute atomic E-state index is 0.375. The maximum Gasteiger partial charge on any atom is 0.101 e. The van der Waals surface area contributed by atoms with Crippen LogP contribution in [0.25, 0.3) is 22.3 Å². The highest BCUT2D eigenvalue weighted by atomic mass is 15.1. The fraction of sp³-hybridized carbons (Fsp3) is 0.0286. The lowest BCUT2D eigenvalue weighted by Crippen LogP contribution is -2.09. The topological polar surface area (TPSA) is 50.8 Å². The Bertz CT molecular complexity index is 1600. The van der Waals surface area contributed by atoms with Crippen LogP contribution in [-0.4, -0.2) is 0 Å². The van der Waals surface area contributed by atoms with Crippen molar-refractivity contribution in [2.45, 2.75) is 6.92 Å². The largest absolute Gasteiger partial charge is 0.311 e. The van der Waals surface area contributed by atoms with E-state index in [0.29, 0.717) is 11.1 Å². The van der Waals surface area contributed by atoms with Crippen molar-refractivity contribution in [2.75, 3.05) is 4.90 Å². The number of nitriles is 2. The maximum absolute atomic E-state index is 9.89. The van der Waals surface area contributed by atoms with Gasteiger partial charge in [0.1, 0.15) is 12.1 Å². The van der Waals surface area contributed by atoms with Crippen molar-refractivity contribution in [3.8, 4) is 23.3 Å². The normalized spacial score (nSPS) is 11.1. The molecule has 0 saturated carbocycles. The Balaban J connectivity index is 1.45. The van der Waals surface area contributed by atoms with Gasteiger partial charge < -0.3 is 4.90 Å². The number of allylic oxidation sites excluding steroid dienone is 2. The molecule has 0 unspecified atom stereocenters. The summed E-state index contributed by atoms with van der Waals surface area (Å²) < 4.78 is 0. The van der Waals surface area contributed by atoms with Crippen LogP contribution in [0.5, 0.6) is 0 Å². The molecular formula is C35H25N3. The van der Waals surface area contributed by atoms with Gasteiger partial charge in [0, 0.05) is 17.1 Å². The van der Waals surface area contributed by atoms with E-state index in [1.165, 1.54) is 0 Å². The molecule has 0 spiro atoms. The predicted octanol–water partition coefficient (Wildman–Crippen LogP) is 9.09. The molecule has 0 radical (unpaired) electrons. The van der Waals surface area contributed by atoms with E-state index in [4.69, 9.17) is 0 Å². The Hall–Kier alpha value is -5.38. The molecule has 0 amide bonds. The highest BCUT2D eigenvalue weighted by molar-refractivity contribution is 6.02. The van der Waals surface area contributed by atoms with Crippen LogP contribution < -0.4 is 4.90 Å². The zero-order valence-electron chi connectivity index (χ0n) is 21.0. The molecule has 38 heavy (non-hydrogen) atoms. The number of rotatable bonds is 6. The maximum atomic E-state index is 9.89. The third kappa shape index (κ3) is 5.09. The quantitative estimate of drug-likeness (QED) is 0.177. The van der Waals surface area contributed by atoms with Gasteiger partial charge in [-0.1, -0.05) is 103 Å². The van der Waals surface area contributed by atoms with Crippen LogP contribution in [0.4, 0.5) is 17.1 Å². The minimum atomic E-state index is 0.375. The SMILES string of the molecule is Cc1ccc(/C(C#N)=C(\C#N)c2ccc(-c3ccc(N(c4ccccc4)c4ccccc4)cc3)cc2)cc1. The van der Waals surface area contributed by atoms with Crippen molar-refractivity contribution >= 4 is 28.2 Å². The Morgan fingerprint density at radius 3 is 1.26 bits per heavy atom. The van der Waals surface area contributed by atoms with Gasteiger partial charge in [-0.25, -0.2) is 0 Å². The van der Waals surface area contributed by atoms with Crippen molar-refractivity contribution in [3.05, 3.63) is 150 Å². The average molecular weight is 488 g/mol. The second kappa shape index (κ2) is 11.1. The Kier molecular flexibility index (Phi) is 7.12. The molecule has 0 aliphatic carbocycles. The first kappa shape index (κ1) is 24.3. The fourth-order valence-corrected chi connectivity index (χ4v) is 4.48. The summed E-state index contributed by atoms with van der Waals surface area (Å²) in [6.07, 6.45) is 0. The van der Waals surface area contributed by atoms with Crippen molar-refractivity contribution in [3.63, 3.8) is 0 Å². The van der Waals surface area contributed by atoms with Crippen LogP contribution in [0.15, 0.2) is 133 Å². The van der Waals surface area contributed by atoms with Crippen molar-refractivity contribution in [2.24, 2.45) is 0 Å². The Morgan fingerprint density at radius 2 is 0.842 bits per heavy atom. The summed E-state index contributed by atoms with van der Waals surface area (Å²) >= 11 is 0. The molecule has 0 bridgehead atoms. The standard InChI is InChI=1S/C35H25N3/c1-26-12-14-29(15-13-26)34(24-36)35(25-37)30-18-16-27(17-19-30)28-20-22-33(23-21-28)38(31-8-4-2-5-9-31)32-10-6-3-7-11-32/h2-23H,1H3/b35-34+. The number of nitrogens with zero attached hydrogens (tertiary/aromatic N) is 3. The molecular weight excluding hydrogens is 462 g/mol. The molecule has 0 saturated heterocycles. The van der Waals surface area contributed by atoms with Crippen LogP contribution in [0.2, 0.25) is 0 Å². The van der Waals surface area contributed by atoms with Gasteiger partial charge in [0.05, 0.1) is 11.1 Å². The van der Waals surface area contributed by atoms with Crippen LogP contribution >= 0.6 is 0 Å². The highest BCUT2D eigenvalue weighted by Crippen LogP contribution is 2.35. The summed E-state index contributed by atoms with van der Waals surface area (Å²) in [5.41, 5.74) is 8.69. The molecule has 0 fully saturated rings. The van der Waals surface area contributed by atoms with E-state index in [-0.39, 0.29) is 0 Å². The Labute approximate surface area is 223 Å². The minimum Gasteiger partial charge on any atom is -0.311 e. The molecule has 0 aliphatic heterocycles. The van der Waals surface area contributed by atoms with E-state index in [1.807, 2.05) is 91.9 Å². The lowest BCUT2D eigenvalue weighted by Gasteiger charge is -2.25. The van der Waals surface area contributed by atoms with Gasteiger partial charge in [0.25, 0.3) is 0 Å². The summed E-state index contributed by atoms with van der Waals surface area (Å²) in [4.78, 5) is 2.23. The van der Waals surface area contributed by atoms with Gasteiger partial charge in [0.2, 0.25) is 0 Å². The van der Waals surface area contributed by atoms with E-state index >= 15 is 0 Å². The van der Waals surface area contributed by atoms with Crippen molar-refractivity contribution < 1.29 is 0 Å². The lowest BCUT2D eigenvalue weighted by molar-refractivity contribution is 1.28. The average Bonchev–Trinajstić information content (AvgIpc) is 2.98. The number of anilines is 3. The molecule has 3 nitrogen and oxygen atoms in total. The number of hydrogen-bond acceptors (Lipinski definition) is 3. The van der Waals surface area contributed by atoms with Crippen molar-refractivity contribution in [1.29, 1.82) is 10.5 Å². The molecule has 3 heteroatoms. The third-order valence-electron chi connectivity index (χ3n) is 6.48. The molecule has 5 rings (SSSR count). The second-order valence-corrected chi connectivity index (χ2v) is 8.97. The number of para-hydroxylation sites is 2. The number of benzene rings is 5. The number of hydrogen-bond donors (Lipinski definition) is 0. The lowest BCUT2D eigenvalue weighted by atomic mass is 9.94. The smallest absolute Gasteiger partial charge is 0.101 e. The summed E-state index contributed by atoms with van der Waals surface area (Å²) in [6, 6.07) is 49.0. The van der Waals surface area contributed by atoms with E-state index in [1.54, 1.807) is 0 Å². The van der Waals surface area contributed by atoms with Crippen molar-refractivity contribution in [1.82, 2.24) is 0 Å². The van der Waals surface area contributed by atoms with E-state index in [2.05, 4.69) is 65.6 Å². The van der Waals surface area contributed by atoms with Crippen LogP contribution in [0.3, 0.4) is 0 Å². The van der Waals surface area contributed by atoms with Crippen LogP contribution in [0, 0.1) is 29.6 Å². The summed E-state index contributed by atoms with van der Waals surface area (Å²) in [5, 5.41) is 19.7. The number of aryl methyl sites for hydroxylation is 1. The molecule has 0 N–H and O–H groups in total. The first-order chi connectivity index (χ1) is 18.7. The second-order valence-electron chi connectivity index (χ2n) is 8.97. The van der Waals surface area contributed by atoms with Gasteiger partial charge in [-0.05, 0) is 65.6 Å². The molecule has 180 valence electrons. The van der Waals surface area contributed by atoms with Gasteiger partial charge in [-0.2, -0.15) is 10.5 Å². The zero-order chi connectivity index (χ0) is 26.3. The van der Waals surface area contributed by atoms with E-state index < -0.39 is 0 Å². The van der Waals surface area contributed by atoms with Gasteiger partial charge >= 0.3 is 0 Å². The van der Waals surface area contributed by atoms with Crippen LogP contribution in [0.1, 0.15) is 16.7 Å². The third-order valence-corrected chi connectivity index (χ3v) is 6.48. The Morgan fingerprint density at radius 1 is 0.474 bits per heavy atom. The first-order valence-electron chi connectivity index (χ1n) is 12.4. The van der Waals surface area contributed by atoms with Gasteiger partial charge in [-0.3, -0.25) is 0 Å². The molecule has 0 aromatic heterocycles. The highest BCUT2D eigenvalue weighted by Gasteiger charge is 2.14. The van der Waals surface area contributed by atoms with E-state index in [0.717, 1.165) is 44.9 Å². The summed E-state index contributed by atoms with van der Waals surface area (Å²) in [6.45, 7) is 2.00. The van der Waals surface area contributed by atoms with Gasteiger partial charge in [0.15, 0.2) is 0 Å². The van der Waals surface area contributed by atoms with Crippen LogP contribution in [-0.2, 0) is 0 Å². The van der Waals surface area contributed by atoms with Gasteiger partial charge in [-0.15, -0.1) is 0 Å². The fourth-order valence-electron chi connectivity index (χ4n) is 4.48. The molecule has 0 heterocycles. The summed E-state index contributed by atoms with van der Waals surface area (Å²) in [7, 11) is 0. The predicted molar refractivity (Wildman–Crippen MR) is 156 cm³/mol. The summed E-state index contributed by atoms with van der Waals surface area (Å²) in [5.74, 6) is 0. The molecule has 0 aliphatic rings. The molecule has 0 atom stereocenters.